The minimum atomic E-state index is -0.959. The first kappa shape index (κ1) is 15.0. The fourth-order valence-electron chi connectivity index (χ4n) is 2.62. The standard InChI is InChI=1S/C14H20N2O3S/c1-9-13(14(18)19)20-12(16-9)8-15-11(17)7-6-10-4-2-3-5-10/h10H,2-8H2,1H3,(H,15,17)(H,18,19). The number of nitrogens with one attached hydrogen (secondary N) is 1. The van der Waals surface area contributed by atoms with Gasteiger partial charge in [-0.3, -0.25) is 4.79 Å². The highest BCUT2D eigenvalue weighted by Crippen LogP contribution is 2.28. The molecule has 1 aromatic heterocycles. The van der Waals surface area contributed by atoms with E-state index in [1.54, 1.807) is 6.92 Å². The number of carboxylic acid groups (broad SMARTS) is 1. The number of nitrogens with zero attached hydrogens (tertiary/aromatic N) is 1. The third-order valence-electron chi connectivity index (χ3n) is 3.73. The molecule has 0 saturated heterocycles. The Balaban J connectivity index is 1.75. The number of carbonyl (C=O) groups excluding carboxylic acids is 1. The van der Waals surface area contributed by atoms with Gasteiger partial charge in [-0.05, 0) is 19.3 Å². The summed E-state index contributed by atoms with van der Waals surface area (Å²) in [7, 11) is 0. The van der Waals surface area contributed by atoms with Gasteiger partial charge in [0, 0.05) is 6.42 Å². The molecule has 0 unspecified atom stereocenters. The minimum Gasteiger partial charge on any atom is -0.477 e. The Morgan fingerprint density at radius 1 is 1.40 bits per heavy atom. The van der Waals surface area contributed by atoms with Gasteiger partial charge in [0.05, 0.1) is 12.2 Å². The first-order valence-electron chi connectivity index (χ1n) is 7.02. The van der Waals surface area contributed by atoms with Crippen molar-refractivity contribution in [1.82, 2.24) is 10.3 Å². The molecule has 1 saturated carbocycles. The van der Waals surface area contributed by atoms with E-state index in [2.05, 4.69) is 10.3 Å². The van der Waals surface area contributed by atoms with Gasteiger partial charge in [0.1, 0.15) is 9.88 Å². The van der Waals surface area contributed by atoms with Crippen molar-refractivity contribution in [3.05, 3.63) is 15.6 Å². The predicted molar refractivity (Wildman–Crippen MR) is 76.8 cm³/mol. The zero-order valence-corrected chi connectivity index (χ0v) is 12.5. The van der Waals surface area contributed by atoms with Gasteiger partial charge in [-0.2, -0.15) is 0 Å². The largest absolute Gasteiger partial charge is 0.477 e. The highest BCUT2D eigenvalue weighted by atomic mass is 32.1. The van der Waals surface area contributed by atoms with Crippen LogP contribution in [0.5, 0.6) is 0 Å². The molecule has 110 valence electrons. The molecular weight excluding hydrogens is 276 g/mol. The number of hydrogen-bond donors (Lipinski definition) is 2. The van der Waals surface area contributed by atoms with E-state index in [4.69, 9.17) is 5.11 Å². The van der Waals surface area contributed by atoms with Crippen LogP contribution in [0.25, 0.3) is 0 Å². The number of carbonyl (C=O) groups is 2. The second-order valence-electron chi connectivity index (χ2n) is 5.29. The molecule has 0 aromatic carbocycles. The van der Waals surface area contributed by atoms with Crippen molar-refractivity contribution in [3.63, 3.8) is 0 Å². The maximum Gasteiger partial charge on any atom is 0.347 e. The van der Waals surface area contributed by atoms with Crippen molar-refractivity contribution < 1.29 is 14.7 Å². The van der Waals surface area contributed by atoms with E-state index < -0.39 is 5.97 Å². The van der Waals surface area contributed by atoms with E-state index in [-0.39, 0.29) is 10.8 Å². The average Bonchev–Trinajstić information content (AvgIpc) is 3.03. The Kier molecular flexibility index (Phi) is 5.11. The normalized spacial score (nSPS) is 15.4. The molecule has 2 rings (SSSR count). The third-order valence-corrected chi connectivity index (χ3v) is 4.87. The lowest BCUT2D eigenvalue weighted by molar-refractivity contribution is -0.121. The summed E-state index contributed by atoms with van der Waals surface area (Å²) in [6.45, 7) is 1.99. The fraction of sp³-hybridized carbons (Fsp3) is 0.643. The molecule has 0 aliphatic heterocycles. The van der Waals surface area contributed by atoms with Crippen LogP contribution < -0.4 is 5.32 Å². The number of hydrogen-bond acceptors (Lipinski definition) is 4. The van der Waals surface area contributed by atoms with Crippen LogP contribution >= 0.6 is 11.3 Å². The smallest absolute Gasteiger partial charge is 0.347 e. The van der Waals surface area contributed by atoms with Gasteiger partial charge in [-0.1, -0.05) is 25.7 Å². The number of carboxylic acids is 1. The van der Waals surface area contributed by atoms with Gasteiger partial charge in [0.25, 0.3) is 0 Å². The van der Waals surface area contributed by atoms with Gasteiger partial charge < -0.3 is 10.4 Å². The molecule has 1 aliphatic carbocycles. The van der Waals surface area contributed by atoms with Crippen LogP contribution in [-0.2, 0) is 11.3 Å². The zero-order valence-electron chi connectivity index (χ0n) is 11.6. The molecular formula is C14H20N2O3S. The molecule has 20 heavy (non-hydrogen) atoms. The van der Waals surface area contributed by atoms with Crippen molar-refractivity contribution in [2.75, 3.05) is 0 Å². The highest BCUT2D eigenvalue weighted by molar-refractivity contribution is 7.13. The number of thiazole rings is 1. The maximum absolute atomic E-state index is 11.7. The molecule has 1 heterocycles. The van der Waals surface area contributed by atoms with Crippen molar-refractivity contribution in [1.29, 1.82) is 0 Å². The topological polar surface area (TPSA) is 79.3 Å². The Morgan fingerprint density at radius 3 is 2.70 bits per heavy atom. The lowest BCUT2D eigenvalue weighted by atomic mass is 10.0. The number of aromatic nitrogens is 1. The molecule has 0 bridgehead atoms. The van der Waals surface area contributed by atoms with E-state index in [1.807, 2.05) is 0 Å². The fourth-order valence-corrected chi connectivity index (χ4v) is 3.47. The molecule has 5 nitrogen and oxygen atoms in total. The van der Waals surface area contributed by atoms with Gasteiger partial charge >= 0.3 is 5.97 Å². The SMILES string of the molecule is Cc1nc(CNC(=O)CCC2CCCC2)sc1C(=O)O. The lowest BCUT2D eigenvalue weighted by Crippen LogP contribution is -2.22. The summed E-state index contributed by atoms with van der Waals surface area (Å²) in [6, 6.07) is 0. The van der Waals surface area contributed by atoms with E-state index in [0.717, 1.165) is 17.8 Å². The Labute approximate surface area is 122 Å². The molecule has 0 atom stereocenters. The second kappa shape index (κ2) is 6.83. The first-order chi connectivity index (χ1) is 9.56. The summed E-state index contributed by atoms with van der Waals surface area (Å²) in [5.74, 6) is -0.220. The highest BCUT2D eigenvalue weighted by Gasteiger charge is 2.17. The quantitative estimate of drug-likeness (QED) is 0.846. The van der Waals surface area contributed by atoms with Crippen molar-refractivity contribution >= 4 is 23.2 Å². The monoisotopic (exact) mass is 296 g/mol. The first-order valence-corrected chi connectivity index (χ1v) is 7.84. The van der Waals surface area contributed by atoms with Gasteiger partial charge in [0.2, 0.25) is 5.91 Å². The maximum atomic E-state index is 11.7. The van der Waals surface area contributed by atoms with Crippen LogP contribution in [-0.4, -0.2) is 22.0 Å². The number of aromatic carboxylic acids is 1. The van der Waals surface area contributed by atoms with Crippen LogP contribution in [0.2, 0.25) is 0 Å². The van der Waals surface area contributed by atoms with Gasteiger partial charge in [0.15, 0.2) is 0 Å². The Hall–Kier alpha value is -1.43. The molecule has 2 N–H and O–H groups in total. The predicted octanol–water partition coefficient (Wildman–Crippen LogP) is 2.74. The van der Waals surface area contributed by atoms with Crippen molar-refractivity contribution in [2.24, 2.45) is 5.92 Å². The molecule has 0 radical (unpaired) electrons. The number of amides is 1. The molecule has 1 amide bonds. The summed E-state index contributed by atoms with van der Waals surface area (Å²) in [4.78, 5) is 27.1. The molecule has 1 fully saturated rings. The van der Waals surface area contributed by atoms with E-state index in [9.17, 15) is 9.59 Å². The summed E-state index contributed by atoms with van der Waals surface area (Å²) < 4.78 is 0. The average molecular weight is 296 g/mol. The molecule has 6 heteroatoms. The van der Waals surface area contributed by atoms with Gasteiger partial charge in [-0.15, -0.1) is 11.3 Å². The van der Waals surface area contributed by atoms with Crippen LogP contribution in [0.1, 0.15) is 58.9 Å². The van der Waals surface area contributed by atoms with Crippen molar-refractivity contribution in [2.45, 2.75) is 52.0 Å². The summed E-state index contributed by atoms with van der Waals surface area (Å²) in [6.07, 6.45) is 6.61. The summed E-state index contributed by atoms with van der Waals surface area (Å²) in [5.41, 5.74) is 0.512. The Morgan fingerprint density at radius 2 is 2.10 bits per heavy atom. The Bertz CT molecular complexity index is 493. The number of rotatable bonds is 6. The zero-order chi connectivity index (χ0) is 14.5. The molecule has 1 aliphatic rings. The van der Waals surface area contributed by atoms with Crippen LogP contribution in [0.4, 0.5) is 0 Å². The van der Waals surface area contributed by atoms with E-state index >= 15 is 0 Å². The molecule has 1 aromatic rings. The summed E-state index contributed by atoms with van der Waals surface area (Å²) >= 11 is 1.13. The lowest BCUT2D eigenvalue weighted by Gasteiger charge is -2.08. The minimum absolute atomic E-state index is 0.0293. The second-order valence-corrected chi connectivity index (χ2v) is 6.38. The third kappa shape index (κ3) is 4.03. The van der Waals surface area contributed by atoms with Crippen LogP contribution in [0.3, 0.4) is 0 Å². The number of aryl methyl sites for hydroxylation is 1. The van der Waals surface area contributed by atoms with Crippen LogP contribution in [0.15, 0.2) is 0 Å². The van der Waals surface area contributed by atoms with Gasteiger partial charge in [-0.25, -0.2) is 9.78 Å². The summed E-state index contributed by atoms with van der Waals surface area (Å²) in [5, 5.41) is 12.4. The van der Waals surface area contributed by atoms with E-state index in [1.165, 1.54) is 25.7 Å². The van der Waals surface area contributed by atoms with Crippen molar-refractivity contribution in [3.8, 4) is 0 Å². The van der Waals surface area contributed by atoms with E-state index in [0.29, 0.717) is 29.6 Å². The van der Waals surface area contributed by atoms with Crippen LogP contribution in [0, 0.1) is 12.8 Å². The molecule has 0 spiro atoms.